The molecule has 0 aliphatic rings. The summed E-state index contributed by atoms with van der Waals surface area (Å²) in [6, 6.07) is 2.75. The molecule has 8 heteroatoms. The third-order valence-corrected chi connectivity index (χ3v) is 2.50. The summed E-state index contributed by atoms with van der Waals surface area (Å²) in [4.78, 5) is 23.9. The van der Waals surface area contributed by atoms with Crippen molar-refractivity contribution in [2.24, 2.45) is 0 Å². The average molecular weight is 286 g/mol. The molecule has 0 heterocycles. The lowest BCUT2D eigenvalue weighted by molar-refractivity contribution is 0.0693. The Morgan fingerprint density at radius 1 is 1.20 bits per heavy atom. The molecule has 0 spiro atoms. The zero-order chi connectivity index (χ0) is 15.1. The molecule has 2 amide bonds. The molecule has 0 radical (unpaired) electrons. The number of carboxylic acid groups (broad SMARTS) is 1. The molecule has 1 aromatic carbocycles. The minimum atomic E-state index is -1.51. The summed E-state index contributed by atoms with van der Waals surface area (Å²) in [6.07, 6.45) is 0. The molecule has 20 heavy (non-hydrogen) atoms. The Balaban J connectivity index is 2.94. The van der Waals surface area contributed by atoms with Gasteiger partial charge < -0.3 is 25.5 Å². The number of carbonyl (C=O) groups excluding carboxylic acids is 1. The van der Waals surface area contributed by atoms with Crippen LogP contribution in [-0.2, 0) is 0 Å². The van der Waals surface area contributed by atoms with Gasteiger partial charge in [-0.05, 0) is 12.1 Å². The topological polar surface area (TPSA) is 110 Å². The molecule has 0 aliphatic heterocycles. The number of benzene rings is 1. The molecule has 0 aromatic heterocycles. The molecule has 7 nitrogen and oxygen atoms in total. The van der Waals surface area contributed by atoms with Crippen LogP contribution in [0.15, 0.2) is 18.2 Å². The van der Waals surface area contributed by atoms with Crippen molar-refractivity contribution in [1.82, 2.24) is 4.90 Å². The maximum atomic E-state index is 13.4. The molecule has 1 rings (SSSR count). The van der Waals surface area contributed by atoms with Crippen molar-refractivity contribution in [2.45, 2.75) is 0 Å². The van der Waals surface area contributed by atoms with Gasteiger partial charge in [0.25, 0.3) is 0 Å². The fourth-order valence-electron chi connectivity index (χ4n) is 1.60. The highest BCUT2D eigenvalue weighted by atomic mass is 19.1. The summed E-state index contributed by atoms with van der Waals surface area (Å²) in [7, 11) is 0. The number of hydrogen-bond donors (Lipinski definition) is 4. The first-order valence-corrected chi connectivity index (χ1v) is 5.80. The fourth-order valence-corrected chi connectivity index (χ4v) is 1.60. The minimum Gasteiger partial charge on any atom is -0.478 e. The first-order valence-electron chi connectivity index (χ1n) is 5.80. The Kier molecular flexibility index (Phi) is 5.88. The van der Waals surface area contributed by atoms with Crippen molar-refractivity contribution >= 4 is 17.7 Å². The molecule has 4 N–H and O–H groups in total. The average Bonchev–Trinajstić information content (AvgIpc) is 2.38. The number of urea groups is 1. The van der Waals surface area contributed by atoms with E-state index in [2.05, 4.69) is 5.32 Å². The van der Waals surface area contributed by atoms with Gasteiger partial charge in [-0.3, -0.25) is 0 Å². The number of rotatable bonds is 6. The number of aliphatic hydroxyl groups is 2. The van der Waals surface area contributed by atoms with Crippen LogP contribution in [0, 0.1) is 5.82 Å². The second kappa shape index (κ2) is 7.41. The monoisotopic (exact) mass is 286 g/mol. The second-order valence-electron chi connectivity index (χ2n) is 3.83. The number of carboxylic acids is 1. The van der Waals surface area contributed by atoms with Gasteiger partial charge in [0.15, 0.2) is 0 Å². The van der Waals surface area contributed by atoms with Crippen LogP contribution in [0.25, 0.3) is 0 Å². The van der Waals surface area contributed by atoms with Crippen LogP contribution in [0.4, 0.5) is 14.9 Å². The van der Waals surface area contributed by atoms with E-state index >= 15 is 0 Å². The number of carbonyl (C=O) groups is 2. The van der Waals surface area contributed by atoms with Crippen molar-refractivity contribution in [2.75, 3.05) is 31.6 Å². The maximum absolute atomic E-state index is 13.4. The van der Waals surface area contributed by atoms with Crippen molar-refractivity contribution < 1.29 is 29.3 Å². The van der Waals surface area contributed by atoms with Gasteiger partial charge in [-0.15, -0.1) is 0 Å². The van der Waals surface area contributed by atoms with E-state index in [4.69, 9.17) is 15.3 Å². The third kappa shape index (κ3) is 3.90. The first-order chi connectivity index (χ1) is 9.51. The van der Waals surface area contributed by atoms with Gasteiger partial charge in [-0.2, -0.15) is 0 Å². The molecule has 0 fully saturated rings. The molecule has 0 aliphatic carbocycles. The number of anilines is 1. The molecule has 0 bridgehead atoms. The summed E-state index contributed by atoms with van der Waals surface area (Å²) in [5.41, 5.74) is -0.836. The van der Waals surface area contributed by atoms with E-state index in [0.29, 0.717) is 0 Å². The first kappa shape index (κ1) is 15.9. The summed E-state index contributed by atoms with van der Waals surface area (Å²) in [6.45, 7) is -0.709. The summed E-state index contributed by atoms with van der Waals surface area (Å²) in [5, 5.41) is 28.8. The Hall–Kier alpha value is -2.19. The quantitative estimate of drug-likeness (QED) is 0.603. The van der Waals surface area contributed by atoms with E-state index in [1.165, 1.54) is 12.1 Å². The molecule has 110 valence electrons. The number of hydrogen-bond acceptors (Lipinski definition) is 4. The minimum absolute atomic E-state index is 0.0376. The van der Waals surface area contributed by atoms with Crippen LogP contribution in [0.2, 0.25) is 0 Å². The van der Waals surface area contributed by atoms with Crippen LogP contribution < -0.4 is 5.32 Å². The van der Waals surface area contributed by atoms with Crippen LogP contribution >= 0.6 is 0 Å². The van der Waals surface area contributed by atoms with Crippen molar-refractivity contribution in [3.63, 3.8) is 0 Å². The summed E-state index contributed by atoms with van der Waals surface area (Å²) >= 11 is 0. The van der Waals surface area contributed by atoms with E-state index in [0.717, 1.165) is 11.0 Å². The normalized spacial score (nSPS) is 10.2. The van der Waals surface area contributed by atoms with Gasteiger partial charge in [0.1, 0.15) is 11.4 Å². The molecule has 0 unspecified atom stereocenters. The highest BCUT2D eigenvalue weighted by Gasteiger charge is 2.19. The highest BCUT2D eigenvalue weighted by molar-refractivity contribution is 6.00. The van der Waals surface area contributed by atoms with Crippen LogP contribution in [0.5, 0.6) is 0 Å². The standard InChI is InChI=1S/C12H15FN2O5/c13-8-2-1-3-9(10(8)11(18)19)14-12(20)15(4-6-16)5-7-17/h1-3,16-17H,4-7H2,(H,14,20)(H,18,19). The zero-order valence-corrected chi connectivity index (χ0v) is 10.5. The van der Waals surface area contributed by atoms with Gasteiger partial charge in [0, 0.05) is 13.1 Å². The highest BCUT2D eigenvalue weighted by Crippen LogP contribution is 2.19. The second-order valence-corrected chi connectivity index (χ2v) is 3.83. The SMILES string of the molecule is O=C(O)c1c(F)cccc1NC(=O)N(CCO)CCO. The molecular weight excluding hydrogens is 271 g/mol. The number of aliphatic hydroxyl groups excluding tert-OH is 2. The van der Waals surface area contributed by atoms with E-state index in [1.54, 1.807) is 0 Å². The number of aromatic carboxylic acids is 1. The predicted molar refractivity (Wildman–Crippen MR) is 68.1 cm³/mol. The van der Waals surface area contributed by atoms with E-state index in [1.807, 2.05) is 0 Å². The summed E-state index contributed by atoms with van der Waals surface area (Å²) < 4.78 is 13.4. The van der Waals surface area contributed by atoms with Crippen LogP contribution in [-0.4, -0.2) is 58.5 Å². The van der Waals surface area contributed by atoms with Crippen LogP contribution in [0.1, 0.15) is 10.4 Å². The molecule has 0 saturated carbocycles. The van der Waals surface area contributed by atoms with E-state index in [-0.39, 0.29) is 32.0 Å². The predicted octanol–water partition coefficient (Wildman–Crippen LogP) is 0.342. The molecule has 0 atom stereocenters. The van der Waals surface area contributed by atoms with Gasteiger partial charge in [0.05, 0.1) is 18.9 Å². The molecular formula is C12H15FN2O5. The lowest BCUT2D eigenvalue weighted by Gasteiger charge is -2.21. The molecule has 0 saturated heterocycles. The van der Waals surface area contributed by atoms with Crippen molar-refractivity contribution in [3.8, 4) is 0 Å². The number of nitrogens with zero attached hydrogens (tertiary/aromatic N) is 1. The lowest BCUT2D eigenvalue weighted by atomic mass is 10.1. The van der Waals surface area contributed by atoms with Crippen LogP contribution in [0.3, 0.4) is 0 Å². The zero-order valence-electron chi connectivity index (χ0n) is 10.5. The summed E-state index contributed by atoms with van der Waals surface area (Å²) in [5.74, 6) is -2.47. The number of amides is 2. The third-order valence-electron chi connectivity index (χ3n) is 2.50. The number of nitrogens with one attached hydrogen (secondary N) is 1. The Morgan fingerprint density at radius 2 is 1.80 bits per heavy atom. The van der Waals surface area contributed by atoms with Gasteiger partial charge >= 0.3 is 12.0 Å². The van der Waals surface area contributed by atoms with Gasteiger partial charge in [-0.1, -0.05) is 6.07 Å². The lowest BCUT2D eigenvalue weighted by Crippen LogP contribution is -2.39. The van der Waals surface area contributed by atoms with Crippen molar-refractivity contribution in [1.29, 1.82) is 0 Å². The van der Waals surface area contributed by atoms with E-state index < -0.39 is 23.4 Å². The largest absolute Gasteiger partial charge is 0.478 e. The Bertz CT molecular complexity index is 489. The molecule has 1 aromatic rings. The number of halogens is 1. The smallest absolute Gasteiger partial charge is 0.340 e. The Labute approximate surface area is 114 Å². The Morgan fingerprint density at radius 3 is 2.30 bits per heavy atom. The maximum Gasteiger partial charge on any atom is 0.340 e. The fraction of sp³-hybridized carbons (Fsp3) is 0.333. The van der Waals surface area contributed by atoms with Gasteiger partial charge in [0.2, 0.25) is 0 Å². The van der Waals surface area contributed by atoms with Gasteiger partial charge in [-0.25, -0.2) is 14.0 Å². The van der Waals surface area contributed by atoms with E-state index in [9.17, 15) is 14.0 Å². The van der Waals surface area contributed by atoms with Crippen molar-refractivity contribution in [3.05, 3.63) is 29.6 Å².